The van der Waals surface area contributed by atoms with Crippen LogP contribution in [0.3, 0.4) is 0 Å². The molecule has 2 aliphatic rings. The summed E-state index contributed by atoms with van der Waals surface area (Å²) >= 11 is 0. The predicted molar refractivity (Wildman–Crippen MR) is 68.7 cm³/mol. The minimum absolute atomic E-state index is 0.117. The summed E-state index contributed by atoms with van der Waals surface area (Å²) in [7, 11) is 0. The molecule has 3 atom stereocenters. The van der Waals surface area contributed by atoms with E-state index in [0.717, 1.165) is 18.4 Å². The summed E-state index contributed by atoms with van der Waals surface area (Å²) < 4.78 is 5.61. The molecule has 1 saturated heterocycles. The summed E-state index contributed by atoms with van der Waals surface area (Å²) in [6, 6.07) is 0. The van der Waals surface area contributed by atoms with Crippen molar-refractivity contribution in [1.82, 2.24) is 0 Å². The highest BCUT2D eigenvalue weighted by Gasteiger charge is 2.57. The number of fused-ring (bicyclic) bond motifs is 1. The van der Waals surface area contributed by atoms with Crippen molar-refractivity contribution in [3.8, 4) is 0 Å². The number of ketones is 1. The highest BCUT2D eigenvalue weighted by Crippen LogP contribution is 2.43. The molecule has 1 aliphatic carbocycles. The molecule has 2 rings (SSSR count). The Morgan fingerprint density at radius 1 is 1.53 bits per heavy atom. The average molecular weight is 234 g/mol. The number of Topliss-reactive ketones (excluding diaryl/α,β-unsaturated/α-hetero) is 1. The third-order valence-electron chi connectivity index (χ3n) is 4.08. The zero-order valence-electron chi connectivity index (χ0n) is 11.0. The number of rotatable bonds is 1. The van der Waals surface area contributed by atoms with Gasteiger partial charge in [0.2, 0.25) is 0 Å². The van der Waals surface area contributed by atoms with Gasteiger partial charge in [0.05, 0.1) is 6.10 Å². The maximum absolute atomic E-state index is 12.2. The highest BCUT2D eigenvalue weighted by atomic mass is 16.6. The molecule has 1 fully saturated rings. The second-order valence-electron chi connectivity index (χ2n) is 5.80. The molecule has 0 spiro atoms. The van der Waals surface area contributed by atoms with Gasteiger partial charge in [-0.3, -0.25) is 4.79 Å². The van der Waals surface area contributed by atoms with Gasteiger partial charge in [-0.1, -0.05) is 38.2 Å². The molecule has 0 bridgehead atoms. The van der Waals surface area contributed by atoms with E-state index < -0.39 is 5.60 Å². The molecule has 2 heteroatoms. The topological polar surface area (TPSA) is 29.6 Å². The van der Waals surface area contributed by atoms with Crippen molar-refractivity contribution in [3.05, 3.63) is 24.3 Å². The monoisotopic (exact) mass is 234 g/mol. The first-order valence-corrected chi connectivity index (χ1v) is 6.50. The van der Waals surface area contributed by atoms with Crippen LogP contribution in [0.2, 0.25) is 0 Å². The lowest BCUT2D eigenvalue weighted by Crippen LogP contribution is -2.27. The summed E-state index contributed by atoms with van der Waals surface area (Å²) in [5.41, 5.74) is 0.640. The number of hydrogen-bond donors (Lipinski definition) is 0. The van der Waals surface area contributed by atoms with Gasteiger partial charge in [-0.25, -0.2) is 0 Å². The fraction of sp³-hybridized carbons (Fsp3) is 0.667. The molecule has 0 aromatic carbocycles. The Hall–Kier alpha value is -0.890. The van der Waals surface area contributed by atoms with Crippen LogP contribution in [0.5, 0.6) is 0 Å². The highest BCUT2D eigenvalue weighted by molar-refractivity contribution is 5.90. The number of ether oxygens (including phenoxy) is 1. The van der Waals surface area contributed by atoms with Crippen molar-refractivity contribution in [1.29, 1.82) is 0 Å². The van der Waals surface area contributed by atoms with Gasteiger partial charge < -0.3 is 4.74 Å². The van der Waals surface area contributed by atoms with E-state index in [1.807, 2.05) is 6.92 Å². The van der Waals surface area contributed by atoms with E-state index in [4.69, 9.17) is 4.74 Å². The largest absolute Gasteiger partial charge is 0.358 e. The third kappa shape index (κ3) is 2.52. The lowest BCUT2D eigenvalue weighted by Gasteiger charge is -2.18. The fourth-order valence-electron chi connectivity index (χ4n) is 2.44. The zero-order valence-corrected chi connectivity index (χ0v) is 11.0. The van der Waals surface area contributed by atoms with Crippen molar-refractivity contribution in [2.75, 3.05) is 0 Å². The van der Waals surface area contributed by atoms with E-state index in [0.29, 0.717) is 18.3 Å². The predicted octanol–water partition coefficient (Wildman–Crippen LogP) is 3.28. The average Bonchev–Trinajstić information content (AvgIpc) is 2.93. The summed E-state index contributed by atoms with van der Waals surface area (Å²) in [6.45, 7) is 10.3. The lowest BCUT2D eigenvalue weighted by atomic mass is 9.84. The minimum Gasteiger partial charge on any atom is -0.358 e. The number of hydrogen-bond acceptors (Lipinski definition) is 2. The van der Waals surface area contributed by atoms with Crippen LogP contribution < -0.4 is 0 Å². The Morgan fingerprint density at radius 3 is 2.88 bits per heavy atom. The lowest BCUT2D eigenvalue weighted by molar-refractivity contribution is -0.124. The Labute approximate surface area is 104 Å². The van der Waals surface area contributed by atoms with Crippen LogP contribution in [-0.2, 0) is 9.53 Å². The molecular weight excluding hydrogens is 212 g/mol. The van der Waals surface area contributed by atoms with Crippen LogP contribution in [0, 0.1) is 11.8 Å². The number of epoxide rings is 1. The molecular formula is C15H22O2. The summed E-state index contributed by atoms with van der Waals surface area (Å²) in [6.07, 6.45) is 6.78. The Bertz CT molecular complexity index is 367. The quantitative estimate of drug-likeness (QED) is 0.652. The van der Waals surface area contributed by atoms with Crippen LogP contribution in [0.25, 0.3) is 0 Å². The van der Waals surface area contributed by atoms with Crippen molar-refractivity contribution in [2.45, 2.75) is 51.7 Å². The van der Waals surface area contributed by atoms with Gasteiger partial charge in [-0.15, -0.1) is 0 Å². The molecule has 1 heterocycles. The molecule has 2 nitrogen and oxygen atoms in total. The molecule has 1 aliphatic heterocycles. The van der Waals surface area contributed by atoms with E-state index in [1.165, 1.54) is 0 Å². The van der Waals surface area contributed by atoms with Crippen molar-refractivity contribution in [3.63, 3.8) is 0 Å². The van der Waals surface area contributed by atoms with Gasteiger partial charge in [0.1, 0.15) is 5.60 Å². The molecule has 0 saturated carbocycles. The second-order valence-corrected chi connectivity index (χ2v) is 5.80. The van der Waals surface area contributed by atoms with E-state index in [2.05, 4.69) is 32.6 Å². The Kier molecular flexibility index (Phi) is 3.26. The van der Waals surface area contributed by atoms with Gasteiger partial charge in [0.25, 0.3) is 0 Å². The first kappa shape index (κ1) is 12.6. The number of allylic oxidation sites excluding steroid dienone is 3. The number of carbonyl (C=O) groups excluding carboxylic acids is 1. The Morgan fingerprint density at radius 2 is 2.24 bits per heavy atom. The van der Waals surface area contributed by atoms with Gasteiger partial charge in [0.15, 0.2) is 5.78 Å². The Balaban J connectivity index is 2.18. The SMILES string of the molecule is C=C1/C=C/[C@H](C(C)C)CC(=O)[C@]2(C)O[C@H]2CC1. The summed E-state index contributed by atoms with van der Waals surface area (Å²) in [5, 5.41) is 0. The molecule has 0 amide bonds. The van der Waals surface area contributed by atoms with E-state index in [9.17, 15) is 4.79 Å². The maximum Gasteiger partial charge on any atom is 0.167 e. The number of carbonyl (C=O) groups is 1. The van der Waals surface area contributed by atoms with E-state index >= 15 is 0 Å². The van der Waals surface area contributed by atoms with E-state index in [1.54, 1.807) is 0 Å². The first-order valence-electron chi connectivity index (χ1n) is 6.50. The second kappa shape index (κ2) is 4.41. The normalized spacial score (nSPS) is 40.0. The molecule has 0 radical (unpaired) electrons. The van der Waals surface area contributed by atoms with E-state index in [-0.39, 0.29) is 11.9 Å². The molecule has 0 unspecified atom stereocenters. The molecule has 0 aromatic heterocycles. The van der Waals surface area contributed by atoms with Gasteiger partial charge in [-0.05, 0) is 31.6 Å². The first-order chi connectivity index (χ1) is 7.93. The van der Waals surface area contributed by atoms with Crippen molar-refractivity contribution < 1.29 is 9.53 Å². The van der Waals surface area contributed by atoms with Crippen molar-refractivity contribution in [2.24, 2.45) is 11.8 Å². The fourth-order valence-corrected chi connectivity index (χ4v) is 2.44. The van der Waals surface area contributed by atoms with Crippen LogP contribution in [0.1, 0.15) is 40.0 Å². The standard InChI is InChI=1S/C15H22O2/c1-10(2)12-7-5-11(3)6-8-14-15(4,17-14)13(16)9-12/h5,7,10,12,14H,3,6,8-9H2,1-2,4H3/b7-5+/t12-,14-,15-/m0/s1. The van der Waals surface area contributed by atoms with Gasteiger partial charge in [-0.2, -0.15) is 0 Å². The van der Waals surface area contributed by atoms with Crippen molar-refractivity contribution >= 4 is 5.78 Å². The zero-order chi connectivity index (χ0) is 12.6. The molecule has 0 N–H and O–H groups in total. The molecule has 17 heavy (non-hydrogen) atoms. The van der Waals surface area contributed by atoms with Crippen LogP contribution in [0.4, 0.5) is 0 Å². The summed E-state index contributed by atoms with van der Waals surface area (Å²) in [5.74, 6) is 1.04. The smallest absolute Gasteiger partial charge is 0.167 e. The maximum atomic E-state index is 12.2. The minimum atomic E-state index is -0.501. The molecule has 0 aromatic rings. The van der Waals surface area contributed by atoms with Gasteiger partial charge >= 0.3 is 0 Å². The molecule has 94 valence electrons. The summed E-state index contributed by atoms with van der Waals surface area (Å²) in [4.78, 5) is 12.2. The third-order valence-corrected chi connectivity index (χ3v) is 4.08. The van der Waals surface area contributed by atoms with Crippen LogP contribution >= 0.6 is 0 Å². The van der Waals surface area contributed by atoms with Gasteiger partial charge in [0, 0.05) is 6.42 Å². The van der Waals surface area contributed by atoms with Crippen LogP contribution in [-0.4, -0.2) is 17.5 Å². The van der Waals surface area contributed by atoms with Crippen LogP contribution in [0.15, 0.2) is 24.3 Å².